The predicted molar refractivity (Wildman–Crippen MR) is 134 cm³/mol. The van der Waals surface area contributed by atoms with Gasteiger partial charge in [-0.2, -0.15) is 18.3 Å². The first kappa shape index (κ1) is 26.6. The number of aryl methyl sites for hydroxylation is 1. The Morgan fingerprint density at radius 3 is 2.18 bits per heavy atom. The Balaban J connectivity index is 1.58. The molecule has 0 N–H and O–H groups in total. The molecular weight excluding hydrogens is 501 g/mol. The van der Waals surface area contributed by atoms with Crippen LogP contribution in [0.25, 0.3) is 16.9 Å². The molecule has 0 bridgehead atoms. The number of benzene rings is 3. The van der Waals surface area contributed by atoms with Gasteiger partial charge >= 0.3 is 12.1 Å². The van der Waals surface area contributed by atoms with Crippen molar-refractivity contribution in [2.24, 2.45) is 0 Å². The van der Waals surface area contributed by atoms with E-state index in [0.29, 0.717) is 34.3 Å². The third kappa shape index (κ3) is 6.26. The molecule has 0 aliphatic rings. The number of methoxy groups -OCH3 is 2. The maximum absolute atomic E-state index is 13.1. The van der Waals surface area contributed by atoms with E-state index < -0.39 is 17.7 Å². The van der Waals surface area contributed by atoms with E-state index in [-0.39, 0.29) is 13.2 Å². The fraction of sp³-hybridized carbons (Fsp3) is 0.214. The number of hydrogen-bond acceptors (Lipinski definition) is 6. The summed E-state index contributed by atoms with van der Waals surface area (Å²) in [6.45, 7) is 1.73. The predicted octanol–water partition coefficient (Wildman–Crippen LogP) is 6.01. The molecule has 0 radical (unpaired) electrons. The van der Waals surface area contributed by atoms with Crippen LogP contribution in [0.2, 0.25) is 0 Å². The van der Waals surface area contributed by atoms with Crippen molar-refractivity contribution in [3.8, 4) is 34.2 Å². The Labute approximate surface area is 217 Å². The van der Waals surface area contributed by atoms with Gasteiger partial charge in [-0.1, -0.05) is 0 Å². The summed E-state index contributed by atoms with van der Waals surface area (Å²) in [5.41, 5.74) is 2.54. The van der Waals surface area contributed by atoms with Gasteiger partial charge in [-0.15, -0.1) is 0 Å². The molecule has 7 nitrogen and oxygen atoms in total. The smallest absolute Gasteiger partial charge is 0.416 e. The van der Waals surface area contributed by atoms with Gasteiger partial charge in [0.1, 0.15) is 29.5 Å². The Kier molecular flexibility index (Phi) is 7.90. The summed E-state index contributed by atoms with van der Waals surface area (Å²) in [7, 11) is 2.85. The number of hydrogen-bond donors (Lipinski definition) is 0. The van der Waals surface area contributed by atoms with Crippen LogP contribution in [-0.2, 0) is 22.3 Å². The van der Waals surface area contributed by atoms with Gasteiger partial charge in [0.05, 0.1) is 31.2 Å². The molecule has 0 saturated heterocycles. The van der Waals surface area contributed by atoms with Crippen molar-refractivity contribution in [3.05, 3.63) is 89.6 Å². The van der Waals surface area contributed by atoms with Crippen molar-refractivity contribution in [3.63, 3.8) is 0 Å². The molecule has 0 unspecified atom stereocenters. The lowest BCUT2D eigenvalue weighted by Gasteiger charge is -2.11. The standard InChI is InChI=1S/C28H25F3N2O5/c1-18-14-24(12-13-26(18)38-17-27(34)36-3)37-16-21-15-25(19-4-10-23(35-2)11-5-19)33(32-21)22-8-6-20(7-9-22)28(29,30)31/h4-15H,16-17H2,1-3H3. The Morgan fingerprint density at radius 2 is 1.58 bits per heavy atom. The summed E-state index contributed by atoms with van der Waals surface area (Å²) in [6.07, 6.45) is -4.43. The maximum atomic E-state index is 13.1. The zero-order valence-corrected chi connectivity index (χ0v) is 20.9. The molecule has 4 rings (SSSR count). The molecule has 0 spiro atoms. The lowest BCUT2D eigenvalue weighted by molar-refractivity contribution is -0.143. The van der Waals surface area contributed by atoms with Gasteiger partial charge in [0.15, 0.2) is 6.61 Å². The first-order chi connectivity index (χ1) is 18.2. The molecule has 0 aliphatic heterocycles. The van der Waals surface area contributed by atoms with Crippen molar-refractivity contribution in [2.75, 3.05) is 20.8 Å². The monoisotopic (exact) mass is 526 g/mol. The van der Waals surface area contributed by atoms with Crippen molar-refractivity contribution < 1.29 is 36.9 Å². The minimum Gasteiger partial charge on any atom is -0.497 e. The highest BCUT2D eigenvalue weighted by Crippen LogP contribution is 2.31. The Bertz CT molecular complexity index is 1400. The van der Waals surface area contributed by atoms with Crippen LogP contribution in [0.4, 0.5) is 13.2 Å². The Morgan fingerprint density at radius 1 is 0.895 bits per heavy atom. The van der Waals surface area contributed by atoms with E-state index in [1.807, 2.05) is 25.1 Å². The Hall–Kier alpha value is -4.47. The lowest BCUT2D eigenvalue weighted by atomic mass is 10.1. The van der Waals surface area contributed by atoms with Crippen LogP contribution in [0.3, 0.4) is 0 Å². The highest BCUT2D eigenvalue weighted by atomic mass is 19.4. The number of rotatable bonds is 9. The summed E-state index contributed by atoms with van der Waals surface area (Å²) in [5.74, 6) is 1.27. The zero-order valence-electron chi connectivity index (χ0n) is 20.9. The average molecular weight is 527 g/mol. The molecule has 0 saturated carbocycles. The van der Waals surface area contributed by atoms with Crippen LogP contribution in [-0.4, -0.2) is 36.6 Å². The number of carbonyl (C=O) groups is 1. The van der Waals surface area contributed by atoms with Gasteiger partial charge in [-0.25, -0.2) is 9.48 Å². The highest BCUT2D eigenvalue weighted by Gasteiger charge is 2.30. The molecule has 38 heavy (non-hydrogen) atoms. The van der Waals surface area contributed by atoms with Gasteiger partial charge in [0.2, 0.25) is 0 Å². The molecule has 0 fully saturated rings. The van der Waals surface area contributed by atoms with Gasteiger partial charge in [-0.3, -0.25) is 0 Å². The van der Waals surface area contributed by atoms with Gasteiger partial charge in [-0.05, 0) is 85.3 Å². The van der Waals surface area contributed by atoms with Crippen LogP contribution in [0, 0.1) is 6.92 Å². The first-order valence-electron chi connectivity index (χ1n) is 11.5. The fourth-order valence-electron chi connectivity index (χ4n) is 3.68. The second-order valence-corrected chi connectivity index (χ2v) is 8.29. The quantitative estimate of drug-likeness (QED) is 0.249. The van der Waals surface area contributed by atoms with Crippen molar-refractivity contribution in [2.45, 2.75) is 19.7 Å². The average Bonchev–Trinajstić information content (AvgIpc) is 3.35. The third-order valence-electron chi connectivity index (χ3n) is 5.69. The maximum Gasteiger partial charge on any atom is 0.416 e. The minimum absolute atomic E-state index is 0.110. The number of nitrogens with zero attached hydrogens (tertiary/aromatic N) is 2. The van der Waals surface area contributed by atoms with E-state index >= 15 is 0 Å². The zero-order chi connectivity index (χ0) is 27.3. The minimum atomic E-state index is -4.43. The molecule has 3 aromatic carbocycles. The lowest BCUT2D eigenvalue weighted by Crippen LogP contribution is -2.13. The van der Waals surface area contributed by atoms with Crippen LogP contribution >= 0.6 is 0 Å². The molecule has 0 amide bonds. The molecular formula is C28H25F3N2O5. The number of carbonyl (C=O) groups excluding carboxylic acids is 1. The van der Waals surface area contributed by atoms with Crippen LogP contribution in [0.5, 0.6) is 17.2 Å². The molecule has 1 heterocycles. The molecule has 1 aromatic heterocycles. The number of esters is 1. The first-order valence-corrected chi connectivity index (χ1v) is 11.5. The van der Waals surface area contributed by atoms with E-state index in [4.69, 9.17) is 14.2 Å². The number of alkyl halides is 3. The van der Waals surface area contributed by atoms with E-state index in [2.05, 4.69) is 9.84 Å². The van der Waals surface area contributed by atoms with Crippen molar-refractivity contribution >= 4 is 5.97 Å². The van der Waals surface area contributed by atoms with E-state index in [1.54, 1.807) is 42.1 Å². The van der Waals surface area contributed by atoms with Crippen molar-refractivity contribution in [1.82, 2.24) is 9.78 Å². The van der Waals surface area contributed by atoms with Gasteiger partial charge in [0, 0.05) is 5.56 Å². The summed E-state index contributed by atoms with van der Waals surface area (Å²) in [5, 5.41) is 4.61. The largest absolute Gasteiger partial charge is 0.497 e. The molecule has 10 heteroatoms. The summed E-state index contributed by atoms with van der Waals surface area (Å²) >= 11 is 0. The normalized spacial score (nSPS) is 11.2. The molecule has 198 valence electrons. The summed E-state index contributed by atoms with van der Waals surface area (Å²) < 4.78 is 62.0. The molecule has 0 aliphatic carbocycles. The van der Waals surface area contributed by atoms with Crippen LogP contribution in [0.1, 0.15) is 16.8 Å². The highest BCUT2D eigenvalue weighted by molar-refractivity contribution is 5.71. The topological polar surface area (TPSA) is 71.8 Å². The van der Waals surface area contributed by atoms with E-state index in [0.717, 1.165) is 23.3 Å². The number of halogens is 3. The summed E-state index contributed by atoms with van der Waals surface area (Å²) in [6, 6.07) is 19.1. The molecule has 0 atom stereocenters. The van der Waals surface area contributed by atoms with Gasteiger partial charge < -0.3 is 18.9 Å². The van der Waals surface area contributed by atoms with Crippen LogP contribution in [0.15, 0.2) is 72.8 Å². The van der Waals surface area contributed by atoms with Crippen LogP contribution < -0.4 is 14.2 Å². The summed E-state index contributed by atoms with van der Waals surface area (Å²) in [4.78, 5) is 11.3. The van der Waals surface area contributed by atoms with Crippen molar-refractivity contribution in [1.29, 1.82) is 0 Å². The number of ether oxygens (including phenoxy) is 4. The number of aromatic nitrogens is 2. The second-order valence-electron chi connectivity index (χ2n) is 8.29. The second kappa shape index (κ2) is 11.3. The SMILES string of the molecule is COC(=O)COc1ccc(OCc2cc(-c3ccc(OC)cc3)n(-c3ccc(C(F)(F)F)cc3)n2)cc1C. The van der Waals surface area contributed by atoms with Gasteiger partial charge in [0.25, 0.3) is 0 Å². The molecule has 4 aromatic rings. The van der Waals surface area contributed by atoms with E-state index in [1.165, 1.54) is 19.2 Å². The third-order valence-corrected chi connectivity index (χ3v) is 5.69. The van der Waals surface area contributed by atoms with E-state index in [9.17, 15) is 18.0 Å². The fourth-order valence-corrected chi connectivity index (χ4v) is 3.68.